The fourth-order valence-corrected chi connectivity index (χ4v) is 3.55. The Hall–Kier alpha value is -3.32. The van der Waals surface area contributed by atoms with Gasteiger partial charge in [0.25, 0.3) is 0 Å². The number of thiophene rings is 1. The first kappa shape index (κ1) is 17.1. The highest BCUT2D eigenvalue weighted by Crippen LogP contribution is 2.34. The molecule has 6 nitrogen and oxygen atoms in total. The smallest absolute Gasteiger partial charge is 0.319 e. The molecule has 0 saturated carbocycles. The number of carbonyl (C=O) groups is 2. The van der Waals surface area contributed by atoms with Gasteiger partial charge in [0.2, 0.25) is 12.6 Å². The third-order valence-corrected chi connectivity index (χ3v) is 5.06. The molecule has 3 aromatic rings. The molecule has 0 saturated heterocycles. The summed E-state index contributed by atoms with van der Waals surface area (Å²) in [5.74, 6) is 1.25. The van der Waals surface area contributed by atoms with Crippen LogP contribution in [0.25, 0.3) is 0 Å². The minimum absolute atomic E-state index is 0.0170. The van der Waals surface area contributed by atoms with Crippen LogP contribution in [0.15, 0.2) is 60.7 Å². The molecule has 27 heavy (non-hydrogen) atoms. The number of anilines is 1. The number of ether oxygens (including phenoxy) is 2. The van der Waals surface area contributed by atoms with E-state index in [1.165, 1.54) is 11.3 Å². The molecule has 7 heteroatoms. The molecule has 1 aromatic heterocycles. The number of amides is 2. The third kappa shape index (κ3) is 3.93. The lowest BCUT2D eigenvalue weighted by Crippen LogP contribution is -2.27. The first-order valence-corrected chi connectivity index (χ1v) is 9.14. The second-order valence-electron chi connectivity index (χ2n) is 5.84. The van der Waals surface area contributed by atoms with Gasteiger partial charge in [-0.15, -0.1) is 11.3 Å². The van der Waals surface area contributed by atoms with Gasteiger partial charge < -0.3 is 20.1 Å². The topological polar surface area (TPSA) is 76.7 Å². The molecule has 4 rings (SSSR count). The normalized spacial score (nSPS) is 11.9. The highest BCUT2D eigenvalue weighted by molar-refractivity contribution is 7.14. The summed E-state index contributed by atoms with van der Waals surface area (Å²) in [5.41, 5.74) is 1.27. The fourth-order valence-electron chi connectivity index (χ4n) is 2.64. The van der Waals surface area contributed by atoms with Crippen LogP contribution in [0.1, 0.15) is 20.1 Å². The largest absolute Gasteiger partial charge is 0.454 e. The van der Waals surface area contributed by atoms with Crippen molar-refractivity contribution >= 4 is 28.8 Å². The lowest BCUT2D eigenvalue weighted by molar-refractivity contribution is 0.104. The molecule has 0 bridgehead atoms. The number of ketones is 1. The molecule has 2 heterocycles. The van der Waals surface area contributed by atoms with Crippen LogP contribution in [0.5, 0.6) is 11.5 Å². The van der Waals surface area contributed by atoms with E-state index in [0.717, 1.165) is 4.88 Å². The van der Waals surface area contributed by atoms with Gasteiger partial charge in [-0.05, 0) is 24.3 Å². The van der Waals surface area contributed by atoms with Crippen molar-refractivity contribution in [2.75, 3.05) is 12.1 Å². The van der Waals surface area contributed by atoms with Crippen LogP contribution in [0.2, 0.25) is 0 Å². The average Bonchev–Trinajstić information content (AvgIpc) is 3.35. The Kier molecular flexibility index (Phi) is 4.76. The summed E-state index contributed by atoms with van der Waals surface area (Å²) in [6.45, 7) is 0.524. The molecule has 1 aliphatic heterocycles. The van der Waals surface area contributed by atoms with Gasteiger partial charge in [0.1, 0.15) is 0 Å². The highest BCUT2D eigenvalue weighted by atomic mass is 32.1. The Labute approximate surface area is 159 Å². The van der Waals surface area contributed by atoms with Gasteiger partial charge in [0.15, 0.2) is 11.5 Å². The predicted molar refractivity (Wildman–Crippen MR) is 103 cm³/mol. The van der Waals surface area contributed by atoms with Crippen molar-refractivity contribution in [3.8, 4) is 11.5 Å². The van der Waals surface area contributed by atoms with Crippen LogP contribution in [0.4, 0.5) is 10.5 Å². The van der Waals surface area contributed by atoms with E-state index >= 15 is 0 Å². The Morgan fingerprint density at radius 2 is 1.78 bits per heavy atom. The highest BCUT2D eigenvalue weighted by Gasteiger charge is 2.15. The van der Waals surface area contributed by atoms with Crippen LogP contribution < -0.4 is 20.1 Å². The maximum atomic E-state index is 12.4. The fraction of sp³-hybridized carbons (Fsp3) is 0.100. The maximum absolute atomic E-state index is 12.4. The summed E-state index contributed by atoms with van der Waals surface area (Å²) in [5, 5.41) is 5.53. The van der Waals surface area contributed by atoms with Crippen LogP contribution in [0, 0.1) is 0 Å². The first-order valence-electron chi connectivity index (χ1n) is 8.32. The molecule has 0 aliphatic carbocycles. The van der Waals surface area contributed by atoms with E-state index in [1.54, 1.807) is 36.4 Å². The van der Waals surface area contributed by atoms with E-state index in [9.17, 15) is 9.59 Å². The average molecular weight is 380 g/mol. The first-order chi connectivity index (χ1) is 13.2. The van der Waals surface area contributed by atoms with Crippen molar-refractivity contribution < 1.29 is 19.1 Å². The van der Waals surface area contributed by atoms with Crippen molar-refractivity contribution in [2.24, 2.45) is 0 Å². The minimum Gasteiger partial charge on any atom is -0.454 e. The van der Waals surface area contributed by atoms with Gasteiger partial charge in [-0.3, -0.25) is 4.79 Å². The van der Waals surface area contributed by atoms with E-state index in [1.807, 2.05) is 24.3 Å². The SMILES string of the molecule is O=C(NCc1ccc(C(=O)c2ccccc2)s1)Nc1ccc2c(c1)OCO2. The number of hydrogen-bond donors (Lipinski definition) is 2. The van der Waals surface area contributed by atoms with Crippen molar-refractivity contribution in [3.05, 3.63) is 76.0 Å². The Balaban J connectivity index is 1.33. The maximum Gasteiger partial charge on any atom is 0.319 e. The number of benzene rings is 2. The summed E-state index contributed by atoms with van der Waals surface area (Å²) in [6.07, 6.45) is 0. The monoisotopic (exact) mass is 380 g/mol. The summed E-state index contributed by atoms with van der Waals surface area (Å²) in [7, 11) is 0. The van der Waals surface area contributed by atoms with E-state index in [0.29, 0.717) is 34.2 Å². The number of hydrogen-bond acceptors (Lipinski definition) is 5. The number of urea groups is 1. The van der Waals surface area contributed by atoms with Crippen molar-refractivity contribution in [1.82, 2.24) is 5.32 Å². The number of carbonyl (C=O) groups excluding carboxylic acids is 2. The molecule has 0 atom stereocenters. The summed E-state index contributed by atoms with van der Waals surface area (Å²) >= 11 is 1.37. The summed E-state index contributed by atoms with van der Waals surface area (Å²) in [4.78, 5) is 26.1. The number of nitrogens with one attached hydrogen (secondary N) is 2. The Bertz CT molecular complexity index is 985. The van der Waals surface area contributed by atoms with Gasteiger partial charge in [0.05, 0.1) is 11.4 Å². The lowest BCUT2D eigenvalue weighted by Gasteiger charge is -2.07. The van der Waals surface area contributed by atoms with E-state index < -0.39 is 0 Å². The second kappa shape index (κ2) is 7.51. The van der Waals surface area contributed by atoms with Crippen LogP contribution in [-0.2, 0) is 6.54 Å². The van der Waals surface area contributed by atoms with Crippen LogP contribution in [-0.4, -0.2) is 18.6 Å². The molecule has 0 fully saturated rings. The van der Waals surface area contributed by atoms with Crippen LogP contribution >= 0.6 is 11.3 Å². The molecule has 2 N–H and O–H groups in total. The van der Waals surface area contributed by atoms with Crippen molar-refractivity contribution in [3.63, 3.8) is 0 Å². The van der Waals surface area contributed by atoms with E-state index in [-0.39, 0.29) is 18.6 Å². The van der Waals surface area contributed by atoms with Crippen molar-refractivity contribution in [2.45, 2.75) is 6.54 Å². The van der Waals surface area contributed by atoms with Gasteiger partial charge in [-0.1, -0.05) is 30.3 Å². The lowest BCUT2D eigenvalue weighted by atomic mass is 10.1. The molecule has 0 spiro atoms. The molecule has 0 radical (unpaired) electrons. The van der Waals surface area contributed by atoms with Crippen LogP contribution in [0.3, 0.4) is 0 Å². The second-order valence-corrected chi connectivity index (χ2v) is 7.01. The number of rotatable bonds is 5. The standard InChI is InChI=1S/C20H16N2O4S/c23-19(13-4-2-1-3-5-13)18-9-7-15(27-18)11-21-20(24)22-14-6-8-16-17(10-14)26-12-25-16/h1-10H,11-12H2,(H2,21,22,24). The quantitative estimate of drug-likeness (QED) is 0.655. The Morgan fingerprint density at radius 3 is 2.63 bits per heavy atom. The Morgan fingerprint density at radius 1 is 0.963 bits per heavy atom. The van der Waals surface area contributed by atoms with Gasteiger partial charge in [0, 0.05) is 22.2 Å². The molecule has 1 aliphatic rings. The zero-order chi connectivity index (χ0) is 18.6. The third-order valence-electron chi connectivity index (χ3n) is 3.98. The predicted octanol–water partition coefficient (Wildman–Crippen LogP) is 4.03. The van der Waals surface area contributed by atoms with E-state index in [2.05, 4.69) is 10.6 Å². The summed E-state index contributed by atoms with van der Waals surface area (Å²) in [6, 6.07) is 17.6. The molecule has 0 unspecified atom stereocenters. The van der Waals surface area contributed by atoms with Crippen molar-refractivity contribution in [1.29, 1.82) is 0 Å². The molecular weight excluding hydrogens is 364 g/mol. The van der Waals surface area contributed by atoms with E-state index in [4.69, 9.17) is 9.47 Å². The molecular formula is C20H16N2O4S. The zero-order valence-corrected chi connectivity index (χ0v) is 15.0. The minimum atomic E-state index is -0.335. The number of fused-ring (bicyclic) bond motifs is 1. The molecule has 2 amide bonds. The summed E-state index contributed by atoms with van der Waals surface area (Å²) < 4.78 is 10.5. The van der Waals surface area contributed by atoms with Gasteiger partial charge >= 0.3 is 6.03 Å². The zero-order valence-electron chi connectivity index (χ0n) is 14.2. The molecule has 2 aromatic carbocycles. The molecule has 136 valence electrons. The van der Waals surface area contributed by atoms with Gasteiger partial charge in [-0.2, -0.15) is 0 Å². The van der Waals surface area contributed by atoms with Gasteiger partial charge in [-0.25, -0.2) is 4.79 Å².